The molecule has 0 aliphatic heterocycles. The van der Waals surface area contributed by atoms with Gasteiger partial charge in [0.15, 0.2) is 0 Å². The maximum Gasteiger partial charge on any atom is 0.331 e. The molecule has 4 heteroatoms. The van der Waals surface area contributed by atoms with Crippen molar-refractivity contribution in [3.05, 3.63) is 41.5 Å². The number of hydrogen-bond acceptors (Lipinski definition) is 3. The Morgan fingerprint density at radius 1 is 1.53 bits per heavy atom. The van der Waals surface area contributed by atoms with E-state index in [9.17, 15) is 4.79 Å². The fourth-order valence-electron chi connectivity index (χ4n) is 1.77. The summed E-state index contributed by atoms with van der Waals surface area (Å²) < 4.78 is 5.18. The number of nitrogens with one attached hydrogen (secondary N) is 1. The summed E-state index contributed by atoms with van der Waals surface area (Å²) in [5, 5.41) is 12.2. The monoisotopic (exact) mass is 263 g/mol. The summed E-state index contributed by atoms with van der Waals surface area (Å²) in [5.41, 5.74) is 1.55. The quantitative estimate of drug-likeness (QED) is 0.743. The van der Waals surface area contributed by atoms with Gasteiger partial charge in [0.25, 0.3) is 0 Å². The van der Waals surface area contributed by atoms with Crippen LogP contribution in [0.1, 0.15) is 31.9 Å². The molecule has 0 aromatic heterocycles. The summed E-state index contributed by atoms with van der Waals surface area (Å²) in [4.78, 5) is 10.8. The van der Waals surface area contributed by atoms with E-state index in [1.807, 2.05) is 38.1 Å². The van der Waals surface area contributed by atoms with E-state index in [0.717, 1.165) is 11.3 Å². The van der Waals surface area contributed by atoms with E-state index in [-0.39, 0.29) is 6.04 Å². The third-order valence-corrected chi connectivity index (χ3v) is 3.02. The highest BCUT2D eigenvalue weighted by molar-refractivity contribution is 5.86. The van der Waals surface area contributed by atoms with Gasteiger partial charge in [-0.05, 0) is 31.0 Å². The van der Waals surface area contributed by atoms with Crippen LogP contribution in [-0.4, -0.2) is 24.7 Å². The predicted molar refractivity (Wildman–Crippen MR) is 75.4 cm³/mol. The SMILES string of the molecule is CC/C(=C/CN[C@@H](C)c1cccc(OC)c1)C(=O)O. The smallest absolute Gasteiger partial charge is 0.331 e. The molecule has 0 aliphatic rings. The van der Waals surface area contributed by atoms with Crippen molar-refractivity contribution in [2.45, 2.75) is 26.3 Å². The Kier molecular flexibility index (Phi) is 6.09. The van der Waals surface area contributed by atoms with Gasteiger partial charge < -0.3 is 15.2 Å². The van der Waals surface area contributed by atoms with Crippen LogP contribution in [0.2, 0.25) is 0 Å². The molecule has 0 aliphatic carbocycles. The fourth-order valence-corrected chi connectivity index (χ4v) is 1.77. The summed E-state index contributed by atoms with van der Waals surface area (Å²) in [7, 11) is 1.64. The molecule has 0 amide bonds. The Morgan fingerprint density at radius 3 is 2.84 bits per heavy atom. The van der Waals surface area contributed by atoms with Gasteiger partial charge in [-0.2, -0.15) is 0 Å². The summed E-state index contributed by atoms with van der Waals surface area (Å²) in [6, 6.07) is 7.96. The average molecular weight is 263 g/mol. The predicted octanol–water partition coefficient (Wildman–Crippen LogP) is 2.77. The van der Waals surface area contributed by atoms with E-state index in [1.165, 1.54) is 0 Å². The first kappa shape index (κ1) is 15.2. The van der Waals surface area contributed by atoms with E-state index < -0.39 is 5.97 Å². The van der Waals surface area contributed by atoms with Crippen LogP contribution in [0.4, 0.5) is 0 Å². The molecule has 19 heavy (non-hydrogen) atoms. The van der Waals surface area contributed by atoms with Crippen molar-refractivity contribution < 1.29 is 14.6 Å². The zero-order valence-electron chi connectivity index (χ0n) is 11.6. The number of carboxylic acids is 1. The molecule has 0 saturated carbocycles. The van der Waals surface area contributed by atoms with Gasteiger partial charge in [-0.1, -0.05) is 25.1 Å². The highest BCUT2D eigenvalue weighted by Gasteiger charge is 2.06. The number of hydrogen-bond donors (Lipinski definition) is 2. The van der Waals surface area contributed by atoms with Crippen molar-refractivity contribution >= 4 is 5.97 Å². The van der Waals surface area contributed by atoms with E-state index in [0.29, 0.717) is 18.5 Å². The number of aliphatic carboxylic acids is 1. The summed E-state index contributed by atoms with van der Waals surface area (Å²) in [6.45, 7) is 4.41. The molecule has 104 valence electrons. The van der Waals surface area contributed by atoms with Crippen molar-refractivity contribution in [3.63, 3.8) is 0 Å². The fraction of sp³-hybridized carbons (Fsp3) is 0.400. The van der Waals surface area contributed by atoms with Gasteiger partial charge in [0, 0.05) is 18.2 Å². The van der Waals surface area contributed by atoms with Crippen LogP contribution in [0.5, 0.6) is 5.75 Å². The molecule has 0 heterocycles. The molecule has 0 spiro atoms. The van der Waals surface area contributed by atoms with Crippen molar-refractivity contribution in [2.75, 3.05) is 13.7 Å². The van der Waals surface area contributed by atoms with Gasteiger partial charge in [0.2, 0.25) is 0 Å². The van der Waals surface area contributed by atoms with Gasteiger partial charge in [0.05, 0.1) is 7.11 Å². The Labute approximate surface area is 114 Å². The minimum atomic E-state index is -0.849. The van der Waals surface area contributed by atoms with Crippen molar-refractivity contribution in [1.29, 1.82) is 0 Å². The van der Waals surface area contributed by atoms with Gasteiger partial charge in [-0.15, -0.1) is 0 Å². The Bertz CT molecular complexity index is 454. The second-order valence-corrected chi connectivity index (χ2v) is 4.29. The minimum Gasteiger partial charge on any atom is -0.497 e. The van der Waals surface area contributed by atoms with Crippen LogP contribution in [0, 0.1) is 0 Å². The Hall–Kier alpha value is -1.81. The van der Waals surface area contributed by atoms with Crippen LogP contribution in [0.15, 0.2) is 35.9 Å². The summed E-state index contributed by atoms with van der Waals surface area (Å²) in [5.74, 6) is -0.0280. The lowest BCUT2D eigenvalue weighted by Gasteiger charge is -2.14. The number of methoxy groups -OCH3 is 1. The van der Waals surface area contributed by atoms with E-state index in [2.05, 4.69) is 5.32 Å². The zero-order valence-corrected chi connectivity index (χ0v) is 11.6. The Balaban J connectivity index is 2.59. The molecule has 0 radical (unpaired) electrons. The van der Waals surface area contributed by atoms with Crippen molar-refractivity contribution in [1.82, 2.24) is 5.32 Å². The number of carboxylic acid groups (broad SMARTS) is 1. The molecule has 1 aromatic rings. The average Bonchev–Trinajstić information content (AvgIpc) is 2.43. The highest BCUT2D eigenvalue weighted by atomic mass is 16.5. The summed E-state index contributed by atoms with van der Waals surface area (Å²) in [6.07, 6.45) is 2.25. The maximum atomic E-state index is 10.8. The molecule has 0 unspecified atom stereocenters. The molecular formula is C15H21NO3. The number of benzene rings is 1. The van der Waals surface area contributed by atoms with Crippen LogP contribution < -0.4 is 10.1 Å². The standard InChI is InChI=1S/C15H21NO3/c1-4-12(15(17)18)8-9-16-11(2)13-6-5-7-14(10-13)19-3/h5-8,10-11,16H,4,9H2,1-3H3,(H,17,18)/b12-8-/t11-/m0/s1. The molecule has 2 N–H and O–H groups in total. The van der Waals surface area contributed by atoms with Crippen LogP contribution in [0.25, 0.3) is 0 Å². The first-order chi connectivity index (χ1) is 9.08. The number of rotatable bonds is 7. The van der Waals surface area contributed by atoms with E-state index in [1.54, 1.807) is 13.2 Å². The topological polar surface area (TPSA) is 58.6 Å². The van der Waals surface area contributed by atoms with Gasteiger partial charge >= 0.3 is 5.97 Å². The lowest BCUT2D eigenvalue weighted by Crippen LogP contribution is -2.19. The van der Waals surface area contributed by atoms with E-state index >= 15 is 0 Å². The third kappa shape index (κ3) is 4.75. The second kappa shape index (κ2) is 7.59. The van der Waals surface area contributed by atoms with Crippen LogP contribution in [-0.2, 0) is 4.79 Å². The third-order valence-electron chi connectivity index (χ3n) is 3.02. The van der Waals surface area contributed by atoms with Crippen molar-refractivity contribution in [2.24, 2.45) is 0 Å². The summed E-state index contributed by atoms with van der Waals surface area (Å²) >= 11 is 0. The molecule has 0 bridgehead atoms. The zero-order chi connectivity index (χ0) is 14.3. The van der Waals surface area contributed by atoms with Gasteiger partial charge in [-0.25, -0.2) is 4.79 Å². The van der Waals surface area contributed by atoms with Crippen molar-refractivity contribution in [3.8, 4) is 5.75 Å². The molecule has 1 atom stereocenters. The minimum absolute atomic E-state index is 0.137. The van der Waals surface area contributed by atoms with Gasteiger partial charge in [-0.3, -0.25) is 0 Å². The molecule has 4 nitrogen and oxygen atoms in total. The van der Waals surface area contributed by atoms with Crippen LogP contribution >= 0.6 is 0 Å². The molecule has 1 rings (SSSR count). The molecule has 1 aromatic carbocycles. The number of carbonyl (C=O) groups is 1. The normalized spacial score (nSPS) is 13.1. The second-order valence-electron chi connectivity index (χ2n) is 4.29. The molecule has 0 fully saturated rings. The lowest BCUT2D eigenvalue weighted by atomic mass is 10.1. The highest BCUT2D eigenvalue weighted by Crippen LogP contribution is 2.18. The first-order valence-corrected chi connectivity index (χ1v) is 6.38. The van der Waals surface area contributed by atoms with E-state index in [4.69, 9.17) is 9.84 Å². The Morgan fingerprint density at radius 2 is 2.26 bits per heavy atom. The molecule has 0 saturated heterocycles. The molecular weight excluding hydrogens is 242 g/mol. The van der Waals surface area contributed by atoms with Crippen LogP contribution in [0.3, 0.4) is 0 Å². The lowest BCUT2D eigenvalue weighted by molar-refractivity contribution is -0.132. The first-order valence-electron chi connectivity index (χ1n) is 6.38. The number of ether oxygens (including phenoxy) is 1. The largest absolute Gasteiger partial charge is 0.497 e. The van der Waals surface area contributed by atoms with Gasteiger partial charge in [0.1, 0.15) is 5.75 Å². The maximum absolute atomic E-state index is 10.8.